The molecule has 26 heavy (non-hydrogen) atoms. The van der Waals surface area contributed by atoms with E-state index in [0.717, 1.165) is 11.6 Å². The molecule has 1 aliphatic carbocycles. The van der Waals surface area contributed by atoms with Gasteiger partial charge in [0.1, 0.15) is 4.92 Å². The summed E-state index contributed by atoms with van der Waals surface area (Å²) < 4.78 is 4.85. The number of nitro groups is 1. The smallest absolute Gasteiger partial charge is 0.395 e. The number of furan rings is 1. The van der Waals surface area contributed by atoms with E-state index < -0.39 is 16.7 Å². The van der Waals surface area contributed by atoms with E-state index in [-0.39, 0.29) is 23.0 Å². The van der Waals surface area contributed by atoms with E-state index in [1.807, 2.05) is 26.8 Å². The van der Waals surface area contributed by atoms with Crippen molar-refractivity contribution in [2.24, 2.45) is 16.3 Å². The number of aliphatic imine (C=N–C) groups is 1. The SMILES string of the molecule is CC(C)(C)C1=CC(=O)NC2=CC(=NC(=O)c3ccc([N+](=O)[O-])o3)C=CC21. The molecule has 0 bridgehead atoms. The van der Waals surface area contributed by atoms with Crippen molar-refractivity contribution < 1.29 is 18.9 Å². The van der Waals surface area contributed by atoms with Crippen LogP contribution in [-0.4, -0.2) is 22.4 Å². The number of hydrogen-bond donors (Lipinski definition) is 1. The van der Waals surface area contributed by atoms with Crippen LogP contribution < -0.4 is 5.32 Å². The maximum Gasteiger partial charge on any atom is 0.433 e. The van der Waals surface area contributed by atoms with Gasteiger partial charge in [-0.1, -0.05) is 26.8 Å². The zero-order chi connectivity index (χ0) is 19.1. The Balaban J connectivity index is 1.87. The lowest BCUT2D eigenvalue weighted by Gasteiger charge is -2.34. The summed E-state index contributed by atoms with van der Waals surface area (Å²) in [4.78, 5) is 37.9. The van der Waals surface area contributed by atoms with Gasteiger partial charge in [0.2, 0.25) is 11.7 Å². The third kappa shape index (κ3) is 3.39. The molecule has 3 rings (SSSR count). The van der Waals surface area contributed by atoms with Gasteiger partial charge in [0.25, 0.3) is 0 Å². The molecule has 8 heteroatoms. The molecule has 1 unspecified atom stereocenters. The molecule has 1 atom stereocenters. The molecule has 1 aromatic heterocycles. The van der Waals surface area contributed by atoms with E-state index in [2.05, 4.69) is 10.3 Å². The normalized spacial score (nSPS) is 21.0. The van der Waals surface area contributed by atoms with Gasteiger partial charge in [-0.15, -0.1) is 0 Å². The van der Waals surface area contributed by atoms with Gasteiger partial charge in [0, 0.05) is 17.7 Å². The highest BCUT2D eigenvalue weighted by molar-refractivity contribution is 6.13. The summed E-state index contributed by atoms with van der Waals surface area (Å²) in [5, 5.41) is 13.4. The number of nitrogens with one attached hydrogen (secondary N) is 1. The van der Waals surface area contributed by atoms with Crippen LogP contribution in [0.4, 0.5) is 5.88 Å². The van der Waals surface area contributed by atoms with Crippen molar-refractivity contribution in [2.45, 2.75) is 20.8 Å². The zero-order valence-electron chi connectivity index (χ0n) is 14.5. The van der Waals surface area contributed by atoms with Crippen molar-refractivity contribution in [3.05, 3.63) is 63.6 Å². The van der Waals surface area contributed by atoms with Gasteiger partial charge in [-0.2, -0.15) is 0 Å². The molecule has 0 saturated carbocycles. The number of allylic oxidation sites excluding steroid dienone is 3. The first-order valence-electron chi connectivity index (χ1n) is 7.95. The second-order valence-corrected chi connectivity index (χ2v) is 7.01. The Hall–Kier alpha value is -3.29. The lowest BCUT2D eigenvalue weighted by molar-refractivity contribution is -0.402. The molecule has 1 N–H and O–H groups in total. The minimum Gasteiger partial charge on any atom is -0.395 e. The summed E-state index contributed by atoms with van der Waals surface area (Å²) in [6.45, 7) is 6.08. The maximum atomic E-state index is 12.1. The summed E-state index contributed by atoms with van der Waals surface area (Å²) in [6.07, 6.45) is 6.77. The van der Waals surface area contributed by atoms with Crippen LogP contribution >= 0.6 is 0 Å². The topological polar surface area (TPSA) is 115 Å². The van der Waals surface area contributed by atoms with E-state index in [1.165, 1.54) is 6.07 Å². The van der Waals surface area contributed by atoms with Crippen molar-refractivity contribution >= 4 is 23.4 Å². The van der Waals surface area contributed by atoms with Crippen LogP contribution in [0.5, 0.6) is 0 Å². The molecular formula is C18H17N3O5. The first-order valence-corrected chi connectivity index (χ1v) is 7.95. The first-order chi connectivity index (χ1) is 12.1. The van der Waals surface area contributed by atoms with Crippen LogP contribution in [-0.2, 0) is 4.79 Å². The van der Waals surface area contributed by atoms with E-state index in [0.29, 0.717) is 11.4 Å². The molecule has 8 nitrogen and oxygen atoms in total. The van der Waals surface area contributed by atoms with Gasteiger partial charge in [-0.05, 0) is 29.2 Å². The Kier molecular flexibility index (Phi) is 4.19. The Morgan fingerprint density at radius 2 is 2.04 bits per heavy atom. The molecule has 0 radical (unpaired) electrons. The van der Waals surface area contributed by atoms with E-state index in [9.17, 15) is 19.7 Å². The maximum absolute atomic E-state index is 12.1. The fourth-order valence-electron chi connectivity index (χ4n) is 2.86. The quantitative estimate of drug-likeness (QED) is 0.647. The van der Waals surface area contributed by atoms with E-state index >= 15 is 0 Å². The second-order valence-electron chi connectivity index (χ2n) is 7.01. The third-order valence-electron chi connectivity index (χ3n) is 4.07. The summed E-state index contributed by atoms with van der Waals surface area (Å²) in [7, 11) is 0. The van der Waals surface area contributed by atoms with Gasteiger partial charge in [-0.3, -0.25) is 19.7 Å². The van der Waals surface area contributed by atoms with Crippen LogP contribution in [0.3, 0.4) is 0 Å². The predicted molar refractivity (Wildman–Crippen MR) is 93.5 cm³/mol. The number of nitrogens with zero attached hydrogens (tertiary/aromatic N) is 2. The molecule has 1 aromatic rings. The highest BCUT2D eigenvalue weighted by atomic mass is 16.6. The Morgan fingerprint density at radius 3 is 2.65 bits per heavy atom. The fraction of sp³-hybridized carbons (Fsp3) is 0.278. The highest BCUT2D eigenvalue weighted by Crippen LogP contribution is 2.38. The molecule has 2 amide bonds. The van der Waals surface area contributed by atoms with Crippen LogP contribution in [0.2, 0.25) is 0 Å². The molecule has 2 heterocycles. The average molecular weight is 355 g/mol. The Bertz CT molecular complexity index is 925. The number of carbonyl (C=O) groups excluding carboxylic acids is 2. The minimum absolute atomic E-state index is 0.0912. The zero-order valence-corrected chi connectivity index (χ0v) is 14.5. The molecule has 134 valence electrons. The number of amides is 2. The van der Waals surface area contributed by atoms with Gasteiger partial charge in [-0.25, -0.2) is 4.99 Å². The lowest BCUT2D eigenvalue weighted by atomic mass is 9.74. The van der Waals surface area contributed by atoms with Crippen molar-refractivity contribution in [1.29, 1.82) is 0 Å². The van der Waals surface area contributed by atoms with Gasteiger partial charge in [0.15, 0.2) is 0 Å². The molecule has 1 aliphatic heterocycles. The Labute approximate surface area is 149 Å². The molecule has 0 aromatic carbocycles. The monoisotopic (exact) mass is 355 g/mol. The second kappa shape index (κ2) is 6.21. The molecular weight excluding hydrogens is 338 g/mol. The van der Waals surface area contributed by atoms with Crippen molar-refractivity contribution in [3.63, 3.8) is 0 Å². The fourth-order valence-corrected chi connectivity index (χ4v) is 2.86. The van der Waals surface area contributed by atoms with E-state index in [1.54, 1.807) is 18.2 Å². The van der Waals surface area contributed by atoms with Gasteiger partial charge >= 0.3 is 11.8 Å². The van der Waals surface area contributed by atoms with Crippen LogP contribution in [0.25, 0.3) is 0 Å². The number of hydrogen-bond acceptors (Lipinski definition) is 5. The van der Waals surface area contributed by atoms with Crippen molar-refractivity contribution in [3.8, 4) is 0 Å². The third-order valence-corrected chi connectivity index (χ3v) is 4.07. The van der Waals surface area contributed by atoms with Crippen molar-refractivity contribution in [1.82, 2.24) is 5.32 Å². The first kappa shape index (κ1) is 17.5. The molecule has 2 aliphatic rings. The number of rotatable bonds is 2. The summed E-state index contributed by atoms with van der Waals surface area (Å²) in [5.41, 5.74) is 1.75. The molecule has 0 saturated heterocycles. The average Bonchev–Trinajstić information content (AvgIpc) is 3.03. The summed E-state index contributed by atoms with van der Waals surface area (Å²) in [5.74, 6) is -1.79. The van der Waals surface area contributed by atoms with Gasteiger partial charge < -0.3 is 9.73 Å². The van der Waals surface area contributed by atoms with Crippen molar-refractivity contribution in [2.75, 3.05) is 0 Å². The standard InChI is InChI=1S/C18H17N3O5/c1-18(2,3)12-9-15(22)20-13-8-10(4-5-11(12)13)19-17(23)14-6-7-16(26-14)21(24)25/h4-9,11H,1-3H3,(H,20,22). The molecule has 0 spiro atoms. The summed E-state index contributed by atoms with van der Waals surface area (Å²) >= 11 is 0. The van der Waals surface area contributed by atoms with Crippen LogP contribution in [0, 0.1) is 21.4 Å². The minimum atomic E-state index is -0.734. The lowest BCUT2D eigenvalue weighted by Crippen LogP contribution is -2.36. The Morgan fingerprint density at radius 1 is 1.31 bits per heavy atom. The largest absolute Gasteiger partial charge is 0.433 e. The van der Waals surface area contributed by atoms with Gasteiger partial charge in [0.05, 0.1) is 11.8 Å². The number of fused-ring (bicyclic) bond motifs is 1. The molecule has 0 fully saturated rings. The predicted octanol–water partition coefficient (Wildman–Crippen LogP) is 2.94. The number of carbonyl (C=O) groups is 2. The summed E-state index contributed by atoms with van der Waals surface area (Å²) in [6, 6.07) is 2.30. The van der Waals surface area contributed by atoms with E-state index in [4.69, 9.17) is 4.42 Å². The highest BCUT2D eigenvalue weighted by Gasteiger charge is 2.32. The van der Waals surface area contributed by atoms with Crippen LogP contribution in [0.1, 0.15) is 31.3 Å². The van der Waals surface area contributed by atoms with Crippen LogP contribution in [0.15, 0.2) is 57.1 Å².